The van der Waals surface area contributed by atoms with Gasteiger partial charge in [-0.25, -0.2) is 9.97 Å². The number of halogens is 2. The van der Waals surface area contributed by atoms with Crippen molar-refractivity contribution >= 4 is 33.3 Å². The van der Waals surface area contributed by atoms with Crippen LogP contribution in [0.4, 0.5) is 5.82 Å². The molecule has 0 saturated carbocycles. The van der Waals surface area contributed by atoms with E-state index in [0.29, 0.717) is 6.54 Å². The molecule has 0 fully saturated rings. The second-order valence-electron chi connectivity index (χ2n) is 6.07. The third-order valence-electron chi connectivity index (χ3n) is 3.11. The zero-order valence-corrected chi connectivity index (χ0v) is 15.0. The molecule has 0 unspecified atom stereocenters. The summed E-state index contributed by atoms with van der Waals surface area (Å²) in [6, 6.07) is 9.78. The Morgan fingerprint density at radius 3 is 2.48 bits per heavy atom. The molecule has 5 heteroatoms. The van der Waals surface area contributed by atoms with E-state index >= 15 is 0 Å². The molecule has 3 nitrogen and oxygen atoms in total. The Balaban J connectivity index is 2.29. The van der Waals surface area contributed by atoms with E-state index in [4.69, 9.17) is 11.6 Å². The highest BCUT2D eigenvalue weighted by Crippen LogP contribution is 2.25. The van der Waals surface area contributed by atoms with Crippen LogP contribution < -0.4 is 4.90 Å². The summed E-state index contributed by atoms with van der Waals surface area (Å²) in [5, 5.41) is 0.772. The first-order chi connectivity index (χ1) is 9.77. The molecule has 0 N–H and O–H groups in total. The van der Waals surface area contributed by atoms with Crippen LogP contribution in [0.5, 0.6) is 0 Å². The molecule has 2 aromatic rings. The van der Waals surface area contributed by atoms with E-state index < -0.39 is 0 Å². The van der Waals surface area contributed by atoms with Crippen LogP contribution in [0.15, 0.2) is 34.9 Å². The van der Waals surface area contributed by atoms with Gasteiger partial charge in [0.25, 0.3) is 0 Å². The Bertz CT molecular complexity index is 638. The largest absolute Gasteiger partial charge is 0.355 e. The number of benzene rings is 1. The van der Waals surface area contributed by atoms with Gasteiger partial charge < -0.3 is 4.90 Å². The smallest absolute Gasteiger partial charge is 0.137 e. The summed E-state index contributed by atoms with van der Waals surface area (Å²) in [7, 11) is 2.00. The van der Waals surface area contributed by atoms with Gasteiger partial charge in [0.2, 0.25) is 0 Å². The molecular formula is C16H19BrClN3. The van der Waals surface area contributed by atoms with E-state index in [0.717, 1.165) is 26.8 Å². The topological polar surface area (TPSA) is 29.0 Å². The number of aromatic nitrogens is 2. The molecule has 0 spiro atoms. The molecule has 1 heterocycles. The van der Waals surface area contributed by atoms with Crippen molar-refractivity contribution in [2.75, 3.05) is 11.9 Å². The monoisotopic (exact) mass is 367 g/mol. The van der Waals surface area contributed by atoms with E-state index in [1.807, 2.05) is 37.4 Å². The zero-order valence-electron chi connectivity index (χ0n) is 12.7. The van der Waals surface area contributed by atoms with Gasteiger partial charge in [-0.05, 0) is 27.6 Å². The molecule has 112 valence electrons. The molecule has 0 atom stereocenters. The minimum Gasteiger partial charge on any atom is -0.355 e. The number of anilines is 1. The van der Waals surface area contributed by atoms with Gasteiger partial charge in [0.1, 0.15) is 16.2 Å². The maximum atomic E-state index is 6.22. The third-order valence-corrected chi connectivity index (χ3v) is 3.88. The molecular weight excluding hydrogens is 350 g/mol. The molecule has 0 saturated heterocycles. The van der Waals surface area contributed by atoms with Gasteiger partial charge in [0.15, 0.2) is 0 Å². The van der Waals surface area contributed by atoms with Crippen molar-refractivity contribution in [3.8, 4) is 0 Å². The van der Waals surface area contributed by atoms with Crippen molar-refractivity contribution in [3.63, 3.8) is 0 Å². The minimum absolute atomic E-state index is 0.0935. The second-order valence-corrected chi connectivity index (χ2v) is 7.29. The minimum atomic E-state index is -0.0935. The Morgan fingerprint density at radius 1 is 1.19 bits per heavy atom. The third kappa shape index (κ3) is 4.17. The average molecular weight is 369 g/mol. The highest BCUT2D eigenvalue weighted by molar-refractivity contribution is 9.10. The van der Waals surface area contributed by atoms with Crippen LogP contribution in [0.25, 0.3) is 0 Å². The van der Waals surface area contributed by atoms with Gasteiger partial charge in [-0.2, -0.15) is 0 Å². The fourth-order valence-electron chi connectivity index (χ4n) is 1.90. The highest BCUT2D eigenvalue weighted by Gasteiger charge is 2.19. The SMILES string of the molecule is CN(Cc1ccccc1Cl)c1cc(Br)nc(C(C)(C)C)n1. The lowest BCUT2D eigenvalue weighted by atomic mass is 9.96. The van der Waals surface area contributed by atoms with Gasteiger partial charge in [-0.3, -0.25) is 0 Å². The summed E-state index contributed by atoms with van der Waals surface area (Å²) < 4.78 is 0.795. The van der Waals surface area contributed by atoms with Crippen LogP contribution in [0.3, 0.4) is 0 Å². The van der Waals surface area contributed by atoms with Gasteiger partial charge in [0, 0.05) is 30.1 Å². The molecule has 1 aromatic heterocycles. The fourth-order valence-corrected chi connectivity index (χ4v) is 2.47. The van der Waals surface area contributed by atoms with Gasteiger partial charge in [-0.1, -0.05) is 50.6 Å². The molecule has 0 bridgehead atoms. The number of nitrogens with zero attached hydrogens (tertiary/aromatic N) is 3. The maximum absolute atomic E-state index is 6.22. The molecule has 21 heavy (non-hydrogen) atoms. The summed E-state index contributed by atoms with van der Waals surface area (Å²) in [4.78, 5) is 11.2. The van der Waals surface area contributed by atoms with Crippen molar-refractivity contribution in [2.24, 2.45) is 0 Å². The normalized spacial score (nSPS) is 11.5. The average Bonchev–Trinajstić information content (AvgIpc) is 2.39. The van der Waals surface area contributed by atoms with E-state index in [1.54, 1.807) is 0 Å². The Kier molecular flexibility index (Phi) is 4.89. The van der Waals surface area contributed by atoms with Crippen LogP contribution in [-0.2, 0) is 12.0 Å². The summed E-state index contributed by atoms with van der Waals surface area (Å²) >= 11 is 9.69. The standard InChI is InChI=1S/C16H19BrClN3/c1-16(2,3)15-19-13(17)9-14(20-15)21(4)10-11-7-5-6-8-12(11)18/h5-9H,10H2,1-4H3. The van der Waals surface area contributed by atoms with Crippen LogP contribution in [-0.4, -0.2) is 17.0 Å². The van der Waals surface area contributed by atoms with Crippen molar-refractivity contribution < 1.29 is 0 Å². The first-order valence-corrected chi connectivity index (χ1v) is 7.94. The maximum Gasteiger partial charge on any atom is 0.137 e. The van der Waals surface area contributed by atoms with E-state index in [2.05, 4.69) is 51.6 Å². The Labute approximate surface area is 139 Å². The number of rotatable bonds is 3. The molecule has 0 radical (unpaired) electrons. The van der Waals surface area contributed by atoms with Crippen LogP contribution in [0, 0.1) is 0 Å². The van der Waals surface area contributed by atoms with Crippen molar-refractivity contribution in [1.29, 1.82) is 0 Å². The van der Waals surface area contributed by atoms with E-state index in [-0.39, 0.29) is 5.41 Å². The van der Waals surface area contributed by atoms with Crippen molar-refractivity contribution in [3.05, 3.63) is 51.3 Å². The second kappa shape index (κ2) is 6.32. The Morgan fingerprint density at radius 2 is 1.86 bits per heavy atom. The highest BCUT2D eigenvalue weighted by atomic mass is 79.9. The predicted octanol–water partition coefficient (Wildman–Crippen LogP) is 4.83. The van der Waals surface area contributed by atoms with Crippen molar-refractivity contribution in [1.82, 2.24) is 9.97 Å². The van der Waals surface area contributed by atoms with Gasteiger partial charge >= 0.3 is 0 Å². The van der Waals surface area contributed by atoms with Crippen molar-refractivity contribution in [2.45, 2.75) is 32.7 Å². The summed E-state index contributed by atoms with van der Waals surface area (Å²) in [6.45, 7) is 7.01. The number of hydrogen-bond donors (Lipinski definition) is 0. The quantitative estimate of drug-likeness (QED) is 0.727. The van der Waals surface area contributed by atoms with Gasteiger partial charge in [0.05, 0.1) is 0 Å². The fraction of sp³-hybridized carbons (Fsp3) is 0.375. The molecule has 1 aromatic carbocycles. The van der Waals surface area contributed by atoms with Crippen LogP contribution in [0.2, 0.25) is 5.02 Å². The molecule has 0 aliphatic carbocycles. The molecule has 0 aliphatic rings. The molecule has 0 aliphatic heterocycles. The van der Waals surface area contributed by atoms with Gasteiger partial charge in [-0.15, -0.1) is 0 Å². The van der Waals surface area contributed by atoms with E-state index in [9.17, 15) is 0 Å². The first-order valence-electron chi connectivity index (χ1n) is 6.77. The summed E-state index contributed by atoms with van der Waals surface area (Å²) in [6.07, 6.45) is 0. The lowest BCUT2D eigenvalue weighted by Gasteiger charge is -2.23. The Hall–Kier alpha value is -1.13. The first kappa shape index (κ1) is 16.2. The van der Waals surface area contributed by atoms with E-state index in [1.165, 1.54) is 0 Å². The summed E-state index contributed by atoms with van der Waals surface area (Å²) in [5.74, 6) is 1.69. The molecule has 2 rings (SSSR count). The zero-order chi connectivity index (χ0) is 15.6. The molecule has 0 amide bonds. The lowest BCUT2D eigenvalue weighted by Crippen LogP contribution is -2.22. The van der Waals surface area contributed by atoms with Crippen LogP contribution in [0.1, 0.15) is 32.2 Å². The van der Waals surface area contributed by atoms with Crippen LogP contribution >= 0.6 is 27.5 Å². The summed E-state index contributed by atoms with van der Waals surface area (Å²) in [5.41, 5.74) is 0.984. The predicted molar refractivity (Wildman–Crippen MR) is 92.0 cm³/mol. The lowest BCUT2D eigenvalue weighted by molar-refractivity contribution is 0.542. The number of hydrogen-bond acceptors (Lipinski definition) is 3.